The number of nitrogens with one attached hydrogen (secondary N) is 2. The topological polar surface area (TPSA) is 88.9 Å². The maximum absolute atomic E-state index is 12.5. The van der Waals surface area contributed by atoms with Crippen molar-refractivity contribution in [3.63, 3.8) is 0 Å². The van der Waals surface area contributed by atoms with Gasteiger partial charge in [-0.05, 0) is 44.4 Å². The number of hydrogen-bond acceptors (Lipinski definition) is 4. The highest BCUT2D eigenvalue weighted by molar-refractivity contribution is 6.01. The summed E-state index contributed by atoms with van der Waals surface area (Å²) in [5.74, 6) is -0.118. The molecule has 25 heavy (non-hydrogen) atoms. The van der Waals surface area contributed by atoms with Crippen LogP contribution in [0.3, 0.4) is 0 Å². The fourth-order valence-electron chi connectivity index (χ4n) is 3.07. The average molecular weight is 341 g/mol. The van der Waals surface area contributed by atoms with Gasteiger partial charge < -0.3 is 10.6 Å². The molecule has 1 atom stereocenters. The molecule has 0 saturated heterocycles. The van der Waals surface area contributed by atoms with Gasteiger partial charge in [0, 0.05) is 5.92 Å². The van der Waals surface area contributed by atoms with Crippen LogP contribution in [0.2, 0.25) is 0 Å². The first-order valence-electron chi connectivity index (χ1n) is 8.61. The van der Waals surface area contributed by atoms with E-state index in [1.54, 1.807) is 6.92 Å². The van der Waals surface area contributed by atoms with Crippen molar-refractivity contribution in [1.29, 1.82) is 0 Å². The maximum atomic E-state index is 12.5. The highest BCUT2D eigenvalue weighted by Gasteiger charge is 2.24. The third-order valence-corrected chi connectivity index (χ3v) is 4.63. The van der Waals surface area contributed by atoms with Crippen molar-refractivity contribution in [2.45, 2.75) is 45.6 Å². The molecule has 1 heterocycles. The SMILES string of the molecule is Cc1ccc(NC(=O)C2CCCC2)c(NC(=O)C(C)n2cncn2)c1. The molecule has 0 aliphatic heterocycles. The van der Waals surface area contributed by atoms with Crippen molar-refractivity contribution in [2.24, 2.45) is 5.92 Å². The zero-order chi connectivity index (χ0) is 17.8. The molecule has 1 saturated carbocycles. The van der Waals surface area contributed by atoms with Gasteiger partial charge in [0.25, 0.3) is 0 Å². The van der Waals surface area contributed by atoms with Crippen LogP contribution < -0.4 is 10.6 Å². The molecule has 132 valence electrons. The Balaban J connectivity index is 1.74. The Hall–Kier alpha value is -2.70. The largest absolute Gasteiger partial charge is 0.324 e. The van der Waals surface area contributed by atoms with Crippen molar-refractivity contribution >= 4 is 23.2 Å². The Labute approximate surface area is 146 Å². The van der Waals surface area contributed by atoms with Crippen LogP contribution in [-0.2, 0) is 9.59 Å². The van der Waals surface area contributed by atoms with E-state index in [1.807, 2.05) is 25.1 Å². The van der Waals surface area contributed by atoms with E-state index in [-0.39, 0.29) is 17.7 Å². The summed E-state index contributed by atoms with van der Waals surface area (Å²) in [5, 5.41) is 9.86. The molecule has 0 bridgehead atoms. The molecule has 7 nitrogen and oxygen atoms in total. The lowest BCUT2D eigenvalue weighted by molar-refractivity contribution is -0.120. The lowest BCUT2D eigenvalue weighted by Crippen LogP contribution is -2.26. The van der Waals surface area contributed by atoms with Crippen molar-refractivity contribution in [3.05, 3.63) is 36.4 Å². The van der Waals surface area contributed by atoms with Gasteiger partial charge in [0.05, 0.1) is 11.4 Å². The van der Waals surface area contributed by atoms with Crippen LogP contribution in [0.25, 0.3) is 0 Å². The molecule has 1 aliphatic rings. The second-order valence-electron chi connectivity index (χ2n) is 6.56. The van der Waals surface area contributed by atoms with Crippen LogP contribution in [0.15, 0.2) is 30.9 Å². The molecule has 3 rings (SSSR count). The van der Waals surface area contributed by atoms with Crippen LogP contribution >= 0.6 is 0 Å². The van der Waals surface area contributed by atoms with Gasteiger partial charge in [-0.1, -0.05) is 18.9 Å². The van der Waals surface area contributed by atoms with Gasteiger partial charge in [0.15, 0.2) is 0 Å². The molecule has 2 amide bonds. The van der Waals surface area contributed by atoms with Gasteiger partial charge in [0.1, 0.15) is 18.7 Å². The first-order valence-corrected chi connectivity index (χ1v) is 8.61. The molecule has 1 unspecified atom stereocenters. The molecule has 2 N–H and O–H groups in total. The minimum Gasteiger partial charge on any atom is -0.324 e. The first kappa shape index (κ1) is 17.1. The second kappa shape index (κ2) is 7.46. The number of aryl methyl sites for hydroxylation is 1. The highest BCUT2D eigenvalue weighted by atomic mass is 16.2. The lowest BCUT2D eigenvalue weighted by atomic mass is 10.1. The van der Waals surface area contributed by atoms with Gasteiger partial charge in [-0.3, -0.25) is 9.59 Å². The van der Waals surface area contributed by atoms with E-state index in [4.69, 9.17) is 0 Å². The zero-order valence-electron chi connectivity index (χ0n) is 14.5. The number of benzene rings is 1. The van der Waals surface area contributed by atoms with E-state index in [9.17, 15) is 9.59 Å². The van der Waals surface area contributed by atoms with Gasteiger partial charge in [-0.25, -0.2) is 9.67 Å². The molecule has 2 aromatic rings. The Bertz CT molecular complexity index is 751. The summed E-state index contributed by atoms with van der Waals surface area (Å²) >= 11 is 0. The van der Waals surface area contributed by atoms with E-state index in [0.717, 1.165) is 31.2 Å². The number of nitrogens with zero attached hydrogens (tertiary/aromatic N) is 3. The predicted octanol–water partition coefficient (Wildman–Crippen LogP) is 2.91. The van der Waals surface area contributed by atoms with Crippen LogP contribution in [0, 0.1) is 12.8 Å². The molecule has 0 radical (unpaired) electrons. The summed E-state index contributed by atoms with van der Waals surface area (Å²) in [6, 6.07) is 5.11. The van der Waals surface area contributed by atoms with Crippen molar-refractivity contribution in [3.8, 4) is 0 Å². The fraction of sp³-hybridized carbons (Fsp3) is 0.444. The summed E-state index contributed by atoms with van der Waals surface area (Å²) in [5.41, 5.74) is 2.23. The number of anilines is 2. The molecule has 0 spiro atoms. The van der Waals surface area contributed by atoms with Gasteiger partial charge in [-0.2, -0.15) is 5.10 Å². The van der Waals surface area contributed by atoms with Gasteiger partial charge in [0.2, 0.25) is 11.8 Å². The summed E-state index contributed by atoms with van der Waals surface area (Å²) < 4.78 is 1.49. The number of hydrogen-bond donors (Lipinski definition) is 2. The Morgan fingerprint density at radius 1 is 1.20 bits per heavy atom. The second-order valence-corrected chi connectivity index (χ2v) is 6.56. The van der Waals surface area contributed by atoms with E-state index in [2.05, 4.69) is 20.7 Å². The normalized spacial score (nSPS) is 15.8. The Morgan fingerprint density at radius 3 is 2.64 bits per heavy atom. The van der Waals surface area contributed by atoms with Crippen LogP contribution in [-0.4, -0.2) is 26.6 Å². The van der Waals surface area contributed by atoms with E-state index >= 15 is 0 Å². The number of aromatic nitrogens is 3. The van der Waals surface area contributed by atoms with Gasteiger partial charge in [-0.15, -0.1) is 0 Å². The number of rotatable bonds is 5. The average Bonchev–Trinajstić information content (AvgIpc) is 3.30. The predicted molar refractivity (Wildman–Crippen MR) is 95.1 cm³/mol. The molecule has 7 heteroatoms. The van der Waals surface area contributed by atoms with Crippen molar-refractivity contribution in [2.75, 3.05) is 10.6 Å². The fourth-order valence-corrected chi connectivity index (χ4v) is 3.07. The zero-order valence-corrected chi connectivity index (χ0v) is 14.5. The quantitative estimate of drug-likeness (QED) is 0.875. The van der Waals surface area contributed by atoms with Crippen LogP contribution in [0.4, 0.5) is 11.4 Å². The summed E-state index contributed by atoms with van der Waals surface area (Å²) in [7, 11) is 0. The molecular formula is C18H23N5O2. The molecule has 1 aliphatic carbocycles. The lowest BCUT2D eigenvalue weighted by Gasteiger charge is -2.17. The van der Waals surface area contributed by atoms with Crippen molar-refractivity contribution in [1.82, 2.24) is 14.8 Å². The van der Waals surface area contributed by atoms with E-state index in [0.29, 0.717) is 11.4 Å². The molecular weight excluding hydrogens is 318 g/mol. The Kier molecular flexibility index (Phi) is 5.11. The van der Waals surface area contributed by atoms with Crippen molar-refractivity contribution < 1.29 is 9.59 Å². The monoisotopic (exact) mass is 341 g/mol. The minimum atomic E-state index is -0.499. The minimum absolute atomic E-state index is 0.0289. The first-order chi connectivity index (χ1) is 12.0. The third-order valence-electron chi connectivity index (χ3n) is 4.63. The Morgan fingerprint density at radius 2 is 1.96 bits per heavy atom. The summed E-state index contributed by atoms with van der Waals surface area (Å²) in [6.07, 6.45) is 6.97. The van der Waals surface area contributed by atoms with E-state index < -0.39 is 6.04 Å². The molecule has 1 aromatic heterocycles. The highest BCUT2D eigenvalue weighted by Crippen LogP contribution is 2.29. The maximum Gasteiger partial charge on any atom is 0.249 e. The van der Waals surface area contributed by atoms with Gasteiger partial charge >= 0.3 is 0 Å². The molecule has 1 aromatic carbocycles. The number of carbonyl (C=O) groups excluding carboxylic acids is 2. The summed E-state index contributed by atoms with van der Waals surface area (Å²) in [6.45, 7) is 3.69. The number of amides is 2. The number of carbonyl (C=O) groups is 2. The molecule has 1 fully saturated rings. The van der Waals surface area contributed by atoms with Crippen LogP contribution in [0.1, 0.15) is 44.2 Å². The smallest absolute Gasteiger partial charge is 0.249 e. The standard InChI is InChI=1S/C18H23N5O2/c1-12-7-8-15(21-18(25)14-5-3-4-6-14)16(9-12)22-17(24)13(2)23-11-19-10-20-23/h7-11,13-14H,3-6H2,1-2H3,(H,21,25)(H,22,24). The van der Waals surface area contributed by atoms with E-state index in [1.165, 1.54) is 17.3 Å². The summed E-state index contributed by atoms with van der Waals surface area (Å²) in [4.78, 5) is 28.8. The third kappa shape index (κ3) is 4.04. The van der Waals surface area contributed by atoms with Crippen LogP contribution in [0.5, 0.6) is 0 Å².